The number of hydrogen-bond donors (Lipinski definition) is 0. The molecule has 1 saturated heterocycles. The molecule has 0 spiro atoms. The van der Waals surface area contributed by atoms with Gasteiger partial charge in [-0.3, -0.25) is 10.1 Å². The summed E-state index contributed by atoms with van der Waals surface area (Å²) in [5.74, 6) is -1.26. The van der Waals surface area contributed by atoms with Crippen molar-refractivity contribution < 1.29 is 22.1 Å². The average Bonchev–Trinajstić information content (AvgIpc) is 2.61. The number of piperazine rings is 1. The molecule has 138 valence electrons. The van der Waals surface area contributed by atoms with Gasteiger partial charge < -0.3 is 4.90 Å². The van der Waals surface area contributed by atoms with Crippen LogP contribution in [0.2, 0.25) is 0 Å². The van der Waals surface area contributed by atoms with E-state index in [4.69, 9.17) is 0 Å². The minimum atomic E-state index is -3.87. The highest BCUT2D eigenvalue weighted by molar-refractivity contribution is 7.89. The van der Waals surface area contributed by atoms with Crippen LogP contribution in [-0.2, 0) is 10.0 Å². The summed E-state index contributed by atoms with van der Waals surface area (Å²) in [5, 5.41) is 11.1. The number of nitro groups is 1. The summed E-state index contributed by atoms with van der Waals surface area (Å²) in [4.78, 5) is 11.9. The molecule has 0 radical (unpaired) electrons. The molecule has 2 aromatic carbocycles. The van der Waals surface area contributed by atoms with Gasteiger partial charge in [-0.05, 0) is 24.3 Å². The summed E-state index contributed by atoms with van der Waals surface area (Å²) in [7, 11) is -3.87. The number of sulfonamides is 1. The summed E-state index contributed by atoms with van der Waals surface area (Å²) in [6.45, 7) is 0.400. The van der Waals surface area contributed by atoms with E-state index < -0.39 is 26.6 Å². The van der Waals surface area contributed by atoms with Gasteiger partial charge in [0, 0.05) is 38.3 Å². The van der Waals surface area contributed by atoms with E-state index in [1.807, 2.05) is 0 Å². The lowest BCUT2D eigenvalue weighted by atomic mass is 10.2. The Hall–Kier alpha value is -2.59. The third-order valence-electron chi connectivity index (χ3n) is 4.15. The first-order valence-electron chi connectivity index (χ1n) is 7.73. The lowest BCUT2D eigenvalue weighted by Gasteiger charge is -2.35. The van der Waals surface area contributed by atoms with Gasteiger partial charge in [0.15, 0.2) is 0 Å². The molecule has 2 aromatic rings. The Kier molecular flexibility index (Phi) is 4.88. The molecule has 0 aromatic heterocycles. The molecule has 1 fully saturated rings. The van der Waals surface area contributed by atoms with Crippen molar-refractivity contribution in [2.24, 2.45) is 0 Å². The summed E-state index contributed by atoms with van der Waals surface area (Å²) in [5.41, 5.74) is -0.134. The lowest BCUT2D eigenvalue weighted by molar-refractivity contribution is -0.384. The van der Waals surface area contributed by atoms with E-state index in [-0.39, 0.29) is 42.4 Å². The van der Waals surface area contributed by atoms with E-state index in [0.29, 0.717) is 0 Å². The number of halogens is 2. The van der Waals surface area contributed by atoms with Crippen LogP contribution in [0.25, 0.3) is 0 Å². The van der Waals surface area contributed by atoms with Crippen LogP contribution in [0.1, 0.15) is 0 Å². The van der Waals surface area contributed by atoms with E-state index >= 15 is 0 Å². The third-order valence-corrected chi connectivity index (χ3v) is 6.04. The Bertz CT molecular complexity index is 944. The molecule has 26 heavy (non-hydrogen) atoms. The largest absolute Gasteiger partial charge is 0.363 e. The van der Waals surface area contributed by atoms with E-state index in [1.54, 1.807) is 4.90 Å². The second-order valence-corrected chi connectivity index (χ2v) is 7.68. The number of nitro benzene ring substituents is 1. The lowest BCUT2D eigenvalue weighted by Crippen LogP contribution is -2.48. The highest BCUT2D eigenvalue weighted by atomic mass is 32.2. The van der Waals surface area contributed by atoms with E-state index in [9.17, 15) is 27.3 Å². The van der Waals surface area contributed by atoms with Gasteiger partial charge in [0.25, 0.3) is 5.69 Å². The number of rotatable bonds is 4. The fourth-order valence-corrected chi connectivity index (χ4v) is 4.30. The Morgan fingerprint density at radius 2 is 1.62 bits per heavy atom. The standard InChI is InChI=1S/C16H15F2N3O4S/c17-12-2-1-3-14(10-12)26(24,25)20-8-6-19(7-9-20)16-11-13(18)4-5-15(16)21(22)23/h1-5,10-11H,6-9H2. The molecule has 1 aliphatic heterocycles. The van der Waals surface area contributed by atoms with Gasteiger partial charge in [0.2, 0.25) is 10.0 Å². The fraction of sp³-hybridized carbons (Fsp3) is 0.250. The van der Waals surface area contributed by atoms with Gasteiger partial charge in [-0.1, -0.05) is 6.07 Å². The van der Waals surface area contributed by atoms with Crippen molar-refractivity contribution in [3.05, 3.63) is 64.2 Å². The highest BCUT2D eigenvalue weighted by Crippen LogP contribution is 2.30. The first-order valence-corrected chi connectivity index (χ1v) is 9.17. The summed E-state index contributed by atoms with van der Waals surface area (Å²) in [6.07, 6.45) is 0. The van der Waals surface area contributed by atoms with E-state index in [2.05, 4.69) is 0 Å². The second-order valence-electron chi connectivity index (χ2n) is 5.74. The van der Waals surface area contributed by atoms with Gasteiger partial charge in [-0.25, -0.2) is 17.2 Å². The summed E-state index contributed by atoms with van der Waals surface area (Å²) < 4.78 is 53.2. The molecule has 0 saturated carbocycles. The Balaban J connectivity index is 1.80. The predicted octanol–water partition coefficient (Wildman–Crippen LogP) is 2.38. The van der Waals surface area contributed by atoms with Crippen molar-refractivity contribution in [1.82, 2.24) is 4.31 Å². The molecule has 0 N–H and O–H groups in total. The Morgan fingerprint density at radius 3 is 2.23 bits per heavy atom. The normalized spacial score (nSPS) is 15.8. The van der Waals surface area contributed by atoms with Crippen LogP contribution in [0.3, 0.4) is 0 Å². The van der Waals surface area contributed by atoms with Crippen LogP contribution in [0, 0.1) is 21.7 Å². The molecule has 0 atom stereocenters. The van der Waals surface area contributed by atoms with Crippen molar-refractivity contribution in [2.45, 2.75) is 4.90 Å². The molecule has 7 nitrogen and oxygen atoms in total. The van der Waals surface area contributed by atoms with Crippen molar-refractivity contribution in [3.8, 4) is 0 Å². The quantitative estimate of drug-likeness (QED) is 0.598. The zero-order valence-electron chi connectivity index (χ0n) is 13.5. The van der Waals surface area contributed by atoms with Crippen LogP contribution in [0.4, 0.5) is 20.2 Å². The maximum atomic E-state index is 13.5. The smallest absolute Gasteiger partial charge is 0.292 e. The summed E-state index contributed by atoms with van der Waals surface area (Å²) in [6, 6.07) is 7.87. The molecule has 1 aliphatic rings. The van der Waals surface area contributed by atoms with Gasteiger partial charge in [0.1, 0.15) is 17.3 Å². The maximum absolute atomic E-state index is 13.5. The zero-order valence-corrected chi connectivity index (χ0v) is 14.3. The Labute approximate surface area is 148 Å². The highest BCUT2D eigenvalue weighted by Gasteiger charge is 2.31. The van der Waals surface area contributed by atoms with Crippen LogP contribution >= 0.6 is 0 Å². The number of anilines is 1. The van der Waals surface area contributed by atoms with E-state index in [0.717, 1.165) is 30.3 Å². The first kappa shape index (κ1) is 18.2. The van der Waals surface area contributed by atoms with Gasteiger partial charge in [-0.2, -0.15) is 4.31 Å². The molecule has 0 bridgehead atoms. The molecule has 1 heterocycles. The second kappa shape index (κ2) is 6.96. The molecule has 3 rings (SSSR count). The minimum absolute atomic E-state index is 0.0481. The molecular weight excluding hydrogens is 368 g/mol. The van der Waals surface area contributed by atoms with Crippen molar-refractivity contribution in [3.63, 3.8) is 0 Å². The zero-order chi connectivity index (χ0) is 18.9. The van der Waals surface area contributed by atoms with E-state index in [1.165, 1.54) is 16.4 Å². The van der Waals surface area contributed by atoms with Crippen molar-refractivity contribution in [1.29, 1.82) is 0 Å². The van der Waals surface area contributed by atoms with Gasteiger partial charge in [-0.15, -0.1) is 0 Å². The molecule has 0 amide bonds. The molecule has 0 aliphatic carbocycles. The van der Waals surface area contributed by atoms with Crippen molar-refractivity contribution >= 4 is 21.4 Å². The number of benzene rings is 2. The third kappa shape index (κ3) is 3.51. The molecular formula is C16H15F2N3O4S. The van der Waals surface area contributed by atoms with Crippen LogP contribution < -0.4 is 4.90 Å². The topological polar surface area (TPSA) is 83.8 Å². The van der Waals surface area contributed by atoms with Crippen LogP contribution in [0.5, 0.6) is 0 Å². The minimum Gasteiger partial charge on any atom is -0.363 e. The SMILES string of the molecule is O=[N+]([O-])c1ccc(F)cc1N1CCN(S(=O)(=O)c2cccc(F)c2)CC1. The van der Waals surface area contributed by atoms with Crippen LogP contribution in [-0.4, -0.2) is 43.8 Å². The summed E-state index contributed by atoms with van der Waals surface area (Å²) >= 11 is 0. The average molecular weight is 383 g/mol. The maximum Gasteiger partial charge on any atom is 0.292 e. The van der Waals surface area contributed by atoms with Crippen molar-refractivity contribution in [2.75, 3.05) is 31.1 Å². The fourth-order valence-electron chi connectivity index (χ4n) is 2.85. The molecule has 0 unspecified atom stereocenters. The number of hydrogen-bond acceptors (Lipinski definition) is 5. The van der Waals surface area contributed by atoms with Crippen LogP contribution in [0.15, 0.2) is 47.4 Å². The molecule has 10 heteroatoms. The first-order chi connectivity index (χ1) is 12.3. The van der Waals surface area contributed by atoms with Gasteiger partial charge in [0.05, 0.1) is 9.82 Å². The number of nitrogens with zero attached hydrogens (tertiary/aromatic N) is 3. The monoisotopic (exact) mass is 383 g/mol. The Morgan fingerprint density at radius 1 is 0.962 bits per heavy atom. The van der Waals surface area contributed by atoms with Gasteiger partial charge >= 0.3 is 0 Å². The predicted molar refractivity (Wildman–Crippen MR) is 90.4 cm³/mol.